The number of carbonyl (C=O) groups is 1. The van der Waals surface area contributed by atoms with Gasteiger partial charge in [0.15, 0.2) is 0 Å². The second kappa shape index (κ2) is 2.58. The number of phenolic OH excluding ortho intramolecular Hbond substituents is 1. The summed E-state index contributed by atoms with van der Waals surface area (Å²) in [5.41, 5.74) is 0.713. The molecule has 4 nitrogen and oxygen atoms in total. The first-order valence-electron chi connectivity index (χ1n) is 3.86. The molecule has 0 aliphatic carbocycles. The van der Waals surface area contributed by atoms with Crippen molar-refractivity contribution >= 4 is 16.8 Å². The lowest BCUT2D eigenvalue weighted by molar-refractivity contribution is 0.0927. The number of phenols is 1. The number of nitrogens with zero attached hydrogens (tertiary/aromatic N) is 2. The molecule has 0 bridgehead atoms. The molecule has 66 valence electrons. The quantitative estimate of drug-likeness (QED) is 0.660. The third kappa shape index (κ3) is 1.16. The number of hydrogen-bond acceptors (Lipinski definition) is 3. The first-order chi connectivity index (χ1) is 6.18. The van der Waals surface area contributed by atoms with Crippen molar-refractivity contribution in [2.24, 2.45) is 0 Å². The van der Waals surface area contributed by atoms with Gasteiger partial charge in [-0.3, -0.25) is 4.79 Å². The summed E-state index contributed by atoms with van der Waals surface area (Å²) in [6.07, 6.45) is 1.55. The monoisotopic (exact) mass is 176 g/mol. The lowest BCUT2D eigenvalue weighted by Crippen LogP contribution is -2.06. The van der Waals surface area contributed by atoms with Gasteiger partial charge in [-0.25, -0.2) is 4.68 Å². The highest BCUT2D eigenvalue weighted by Crippen LogP contribution is 2.18. The fourth-order valence-electron chi connectivity index (χ4n) is 1.27. The molecule has 0 aliphatic heterocycles. The Morgan fingerprint density at radius 1 is 1.54 bits per heavy atom. The predicted octanol–water partition coefficient (Wildman–Crippen LogP) is 1.40. The van der Waals surface area contributed by atoms with Crippen LogP contribution in [0.15, 0.2) is 24.4 Å². The van der Waals surface area contributed by atoms with Gasteiger partial charge in [-0.05, 0) is 18.2 Å². The van der Waals surface area contributed by atoms with Gasteiger partial charge in [0.25, 0.3) is 0 Å². The summed E-state index contributed by atoms with van der Waals surface area (Å²) in [6.45, 7) is 1.44. The molecule has 0 saturated carbocycles. The van der Waals surface area contributed by atoms with Crippen molar-refractivity contribution in [3.8, 4) is 5.75 Å². The Labute approximate surface area is 74.4 Å². The molecule has 1 N–H and O–H groups in total. The van der Waals surface area contributed by atoms with E-state index in [2.05, 4.69) is 5.10 Å². The molecule has 13 heavy (non-hydrogen) atoms. The molecular weight excluding hydrogens is 168 g/mol. The highest BCUT2D eigenvalue weighted by atomic mass is 16.3. The van der Waals surface area contributed by atoms with E-state index in [0.717, 1.165) is 5.39 Å². The van der Waals surface area contributed by atoms with Crippen LogP contribution in [0.25, 0.3) is 10.9 Å². The van der Waals surface area contributed by atoms with Crippen LogP contribution in [-0.4, -0.2) is 20.8 Å². The van der Waals surface area contributed by atoms with E-state index in [1.807, 2.05) is 0 Å². The van der Waals surface area contributed by atoms with Gasteiger partial charge in [-0.15, -0.1) is 0 Å². The van der Waals surface area contributed by atoms with E-state index >= 15 is 0 Å². The molecule has 0 atom stereocenters. The van der Waals surface area contributed by atoms with Crippen molar-refractivity contribution in [1.29, 1.82) is 0 Å². The van der Waals surface area contributed by atoms with E-state index in [0.29, 0.717) is 5.52 Å². The predicted molar refractivity (Wildman–Crippen MR) is 47.7 cm³/mol. The number of aromatic nitrogens is 2. The summed E-state index contributed by atoms with van der Waals surface area (Å²) in [4.78, 5) is 11.0. The van der Waals surface area contributed by atoms with Crippen molar-refractivity contribution in [3.63, 3.8) is 0 Å². The summed E-state index contributed by atoms with van der Waals surface area (Å²) in [5, 5.41) is 13.8. The van der Waals surface area contributed by atoms with Crippen molar-refractivity contribution in [2.45, 2.75) is 6.92 Å². The van der Waals surface area contributed by atoms with E-state index in [9.17, 15) is 4.79 Å². The summed E-state index contributed by atoms with van der Waals surface area (Å²) in [7, 11) is 0. The van der Waals surface area contributed by atoms with Crippen LogP contribution >= 0.6 is 0 Å². The van der Waals surface area contributed by atoms with Crippen LogP contribution < -0.4 is 0 Å². The molecule has 2 aromatic rings. The van der Waals surface area contributed by atoms with Gasteiger partial charge in [-0.1, -0.05) is 0 Å². The zero-order chi connectivity index (χ0) is 9.42. The van der Waals surface area contributed by atoms with Crippen LogP contribution in [0.4, 0.5) is 0 Å². The zero-order valence-electron chi connectivity index (χ0n) is 7.06. The fourth-order valence-corrected chi connectivity index (χ4v) is 1.27. The van der Waals surface area contributed by atoms with Gasteiger partial charge in [-0.2, -0.15) is 5.10 Å². The first-order valence-corrected chi connectivity index (χ1v) is 3.86. The number of aromatic hydroxyl groups is 1. The van der Waals surface area contributed by atoms with Crippen molar-refractivity contribution in [2.75, 3.05) is 0 Å². The Balaban J connectivity index is 2.76. The molecule has 2 rings (SSSR count). The second-order valence-electron chi connectivity index (χ2n) is 2.82. The Kier molecular flexibility index (Phi) is 1.55. The molecule has 0 aliphatic rings. The Bertz CT molecular complexity index is 473. The lowest BCUT2D eigenvalue weighted by Gasteiger charge is -1.96. The SMILES string of the molecule is CC(=O)n1ncc2cc(O)ccc21. The third-order valence-electron chi connectivity index (χ3n) is 1.85. The van der Waals surface area contributed by atoms with Gasteiger partial charge in [0.1, 0.15) is 5.75 Å². The van der Waals surface area contributed by atoms with Crippen LogP contribution in [0.2, 0.25) is 0 Å². The normalized spacial score (nSPS) is 10.5. The molecule has 4 heteroatoms. The second-order valence-corrected chi connectivity index (χ2v) is 2.82. The maximum absolute atomic E-state index is 11.0. The molecule has 0 radical (unpaired) electrons. The minimum atomic E-state index is -0.138. The van der Waals surface area contributed by atoms with Gasteiger partial charge in [0, 0.05) is 12.3 Å². The first kappa shape index (κ1) is 7.79. The number of hydrogen-bond donors (Lipinski definition) is 1. The molecule has 1 aromatic carbocycles. The Hall–Kier alpha value is -1.84. The lowest BCUT2D eigenvalue weighted by atomic mass is 10.2. The molecular formula is C9H8N2O2. The van der Waals surface area contributed by atoms with Crippen molar-refractivity contribution in [3.05, 3.63) is 24.4 Å². The van der Waals surface area contributed by atoms with E-state index in [4.69, 9.17) is 5.11 Å². The largest absolute Gasteiger partial charge is 0.508 e. The molecule has 0 spiro atoms. The molecule has 0 unspecified atom stereocenters. The number of rotatable bonds is 0. The number of fused-ring (bicyclic) bond motifs is 1. The summed E-state index contributed by atoms with van der Waals surface area (Å²) in [6, 6.07) is 4.77. The maximum atomic E-state index is 11.0. The number of carbonyl (C=O) groups excluding carboxylic acids is 1. The van der Waals surface area contributed by atoms with Crippen molar-refractivity contribution < 1.29 is 9.90 Å². The average molecular weight is 176 g/mol. The Morgan fingerprint density at radius 2 is 2.31 bits per heavy atom. The summed E-state index contributed by atoms with van der Waals surface area (Å²) >= 11 is 0. The topological polar surface area (TPSA) is 55.1 Å². The molecule has 1 heterocycles. The third-order valence-corrected chi connectivity index (χ3v) is 1.85. The van der Waals surface area contributed by atoms with E-state index in [1.54, 1.807) is 18.3 Å². The highest BCUT2D eigenvalue weighted by Gasteiger charge is 2.05. The van der Waals surface area contributed by atoms with Crippen LogP contribution in [0.3, 0.4) is 0 Å². The number of benzene rings is 1. The Morgan fingerprint density at radius 3 is 3.00 bits per heavy atom. The van der Waals surface area contributed by atoms with Gasteiger partial charge in [0.2, 0.25) is 5.91 Å². The maximum Gasteiger partial charge on any atom is 0.244 e. The fraction of sp³-hybridized carbons (Fsp3) is 0.111. The summed E-state index contributed by atoms with van der Waals surface area (Å²) < 4.78 is 1.30. The standard InChI is InChI=1S/C9H8N2O2/c1-6(12)11-9-3-2-8(13)4-7(9)5-10-11/h2-5,13H,1H3. The minimum Gasteiger partial charge on any atom is -0.508 e. The van der Waals surface area contributed by atoms with Gasteiger partial charge in [0.05, 0.1) is 11.7 Å². The molecule has 1 aromatic heterocycles. The smallest absolute Gasteiger partial charge is 0.244 e. The zero-order valence-corrected chi connectivity index (χ0v) is 7.06. The molecule has 0 saturated heterocycles. The molecule has 0 amide bonds. The highest BCUT2D eigenvalue weighted by molar-refractivity contribution is 5.90. The minimum absolute atomic E-state index is 0.138. The van der Waals surface area contributed by atoms with Crippen LogP contribution in [-0.2, 0) is 0 Å². The summed E-state index contributed by atoms with van der Waals surface area (Å²) in [5.74, 6) is 0.0382. The van der Waals surface area contributed by atoms with Crippen molar-refractivity contribution in [1.82, 2.24) is 9.78 Å². The van der Waals surface area contributed by atoms with E-state index in [1.165, 1.54) is 17.7 Å². The van der Waals surface area contributed by atoms with Crippen LogP contribution in [0.1, 0.15) is 11.7 Å². The van der Waals surface area contributed by atoms with Gasteiger partial charge >= 0.3 is 0 Å². The van der Waals surface area contributed by atoms with Gasteiger partial charge < -0.3 is 5.11 Å². The van der Waals surface area contributed by atoms with E-state index in [-0.39, 0.29) is 11.7 Å². The average Bonchev–Trinajstić information content (AvgIpc) is 2.46. The molecule has 0 fully saturated rings. The van der Waals surface area contributed by atoms with E-state index < -0.39 is 0 Å². The van der Waals surface area contributed by atoms with Crippen LogP contribution in [0.5, 0.6) is 5.75 Å². The van der Waals surface area contributed by atoms with Crippen LogP contribution in [0, 0.1) is 0 Å².